The maximum Gasteiger partial charge on any atom is 0.335 e. The molecule has 8 nitrogen and oxygen atoms in total. The van der Waals surface area contributed by atoms with E-state index in [9.17, 15) is 24.3 Å². The normalized spacial score (nSPS) is 14.6. The Morgan fingerprint density at radius 1 is 1.03 bits per heavy atom. The lowest BCUT2D eigenvalue weighted by Gasteiger charge is -2.13. The number of nitrogens with one attached hydrogen (secondary N) is 1. The summed E-state index contributed by atoms with van der Waals surface area (Å²) in [6.45, 7) is 5.25. The molecule has 0 bridgehead atoms. The maximum absolute atomic E-state index is 12.8. The average molecular weight is 491 g/mol. The predicted octanol–water partition coefficient (Wildman–Crippen LogP) is 5.25. The van der Waals surface area contributed by atoms with Crippen LogP contribution in [0.15, 0.2) is 57.9 Å². The topological polar surface area (TPSA) is 117 Å². The summed E-state index contributed by atoms with van der Waals surface area (Å²) in [5, 5.41) is 11.4. The molecule has 9 heteroatoms. The van der Waals surface area contributed by atoms with Crippen molar-refractivity contribution < 1.29 is 28.7 Å². The quantitative estimate of drug-likeness (QED) is 0.454. The average Bonchev–Trinajstić information content (AvgIpc) is 3.33. The number of carboxylic acids is 1. The van der Waals surface area contributed by atoms with Crippen molar-refractivity contribution in [3.8, 4) is 11.3 Å². The number of hydrogen-bond acceptors (Lipinski definition) is 6. The summed E-state index contributed by atoms with van der Waals surface area (Å²) in [7, 11) is 0. The highest BCUT2D eigenvalue weighted by Gasteiger charge is 2.36. The number of carbonyl (C=O) groups excluding carboxylic acids is 3. The number of carboxylic acid groups (broad SMARTS) is 1. The molecule has 178 valence electrons. The minimum atomic E-state index is -1.05. The number of imide groups is 1. The standard InChI is InChI=1S/C26H22N2O6S/c1-14-8-15(2)10-18(9-14)27-23(29)13-28-24(30)22(35-26(28)33)12-19-6-7-21(34-19)20-11-17(25(31)32)5-4-16(20)3/h4-12H,13H2,1-3H3,(H,27,29)(H,31,32)/b22-12-. The molecular formula is C26H22N2O6S. The van der Waals surface area contributed by atoms with Gasteiger partial charge in [-0.15, -0.1) is 0 Å². The van der Waals surface area contributed by atoms with E-state index in [4.69, 9.17) is 4.42 Å². The van der Waals surface area contributed by atoms with E-state index in [1.54, 1.807) is 30.3 Å². The molecule has 2 aromatic carbocycles. The summed E-state index contributed by atoms with van der Waals surface area (Å²) in [6.07, 6.45) is 1.44. The number of carbonyl (C=O) groups is 4. The van der Waals surface area contributed by atoms with Gasteiger partial charge in [0.1, 0.15) is 18.1 Å². The van der Waals surface area contributed by atoms with Gasteiger partial charge >= 0.3 is 5.97 Å². The minimum absolute atomic E-state index is 0.128. The number of nitrogens with zero attached hydrogens (tertiary/aromatic N) is 1. The van der Waals surface area contributed by atoms with Crippen molar-refractivity contribution in [1.29, 1.82) is 0 Å². The number of aromatic carboxylic acids is 1. The summed E-state index contributed by atoms with van der Waals surface area (Å²) in [6, 6.07) is 13.6. The second kappa shape index (κ2) is 9.63. The highest BCUT2D eigenvalue weighted by molar-refractivity contribution is 8.18. The Morgan fingerprint density at radius 2 is 1.74 bits per heavy atom. The van der Waals surface area contributed by atoms with Crippen molar-refractivity contribution in [3.63, 3.8) is 0 Å². The molecule has 1 fully saturated rings. The predicted molar refractivity (Wildman–Crippen MR) is 133 cm³/mol. The fourth-order valence-electron chi connectivity index (χ4n) is 3.75. The van der Waals surface area contributed by atoms with Gasteiger partial charge in [-0.2, -0.15) is 0 Å². The van der Waals surface area contributed by atoms with Crippen molar-refractivity contribution in [1.82, 2.24) is 4.90 Å². The van der Waals surface area contributed by atoms with Crippen LogP contribution in [0.5, 0.6) is 0 Å². The van der Waals surface area contributed by atoms with Gasteiger partial charge in [-0.25, -0.2) is 4.79 Å². The number of thioether (sulfide) groups is 1. The third-order valence-corrected chi connectivity index (χ3v) is 6.24. The van der Waals surface area contributed by atoms with E-state index in [0.717, 1.165) is 33.4 Å². The van der Waals surface area contributed by atoms with Crippen LogP contribution in [-0.2, 0) is 9.59 Å². The summed E-state index contributed by atoms with van der Waals surface area (Å²) in [4.78, 5) is 50.0. The fraction of sp³-hybridized carbons (Fsp3) is 0.154. The van der Waals surface area contributed by atoms with E-state index in [0.29, 0.717) is 22.8 Å². The van der Waals surface area contributed by atoms with E-state index in [1.807, 2.05) is 26.8 Å². The Hall–Kier alpha value is -4.11. The van der Waals surface area contributed by atoms with Crippen molar-refractivity contribution in [3.05, 3.63) is 81.5 Å². The van der Waals surface area contributed by atoms with Gasteiger partial charge in [-0.3, -0.25) is 19.3 Å². The lowest BCUT2D eigenvalue weighted by Crippen LogP contribution is -2.36. The number of hydrogen-bond donors (Lipinski definition) is 2. The number of anilines is 1. The van der Waals surface area contributed by atoms with Crippen LogP contribution in [0.3, 0.4) is 0 Å². The monoisotopic (exact) mass is 490 g/mol. The Morgan fingerprint density at radius 3 is 2.43 bits per heavy atom. The van der Waals surface area contributed by atoms with Crippen molar-refractivity contribution in [2.24, 2.45) is 0 Å². The van der Waals surface area contributed by atoms with E-state index >= 15 is 0 Å². The molecule has 1 aromatic heterocycles. The maximum atomic E-state index is 12.8. The van der Waals surface area contributed by atoms with Gasteiger partial charge < -0.3 is 14.8 Å². The zero-order valence-corrected chi connectivity index (χ0v) is 20.1. The van der Waals surface area contributed by atoms with Crippen LogP contribution in [0.25, 0.3) is 17.4 Å². The van der Waals surface area contributed by atoms with Crippen molar-refractivity contribution in [2.75, 3.05) is 11.9 Å². The first-order valence-corrected chi connectivity index (χ1v) is 11.5. The molecule has 1 aliphatic heterocycles. The van der Waals surface area contributed by atoms with Crippen molar-refractivity contribution in [2.45, 2.75) is 20.8 Å². The van der Waals surface area contributed by atoms with Gasteiger partial charge in [-0.1, -0.05) is 12.1 Å². The molecule has 1 aliphatic rings. The molecule has 0 saturated carbocycles. The molecule has 0 aliphatic carbocycles. The van der Waals surface area contributed by atoms with Crippen LogP contribution in [0.2, 0.25) is 0 Å². The Bertz CT molecular complexity index is 1380. The van der Waals surface area contributed by atoms with Crippen LogP contribution >= 0.6 is 11.8 Å². The fourth-order valence-corrected chi connectivity index (χ4v) is 4.57. The minimum Gasteiger partial charge on any atom is -0.478 e. The summed E-state index contributed by atoms with van der Waals surface area (Å²) in [5.74, 6) is -1.35. The summed E-state index contributed by atoms with van der Waals surface area (Å²) < 4.78 is 5.80. The smallest absolute Gasteiger partial charge is 0.335 e. The van der Waals surface area contributed by atoms with Crippen LogP contribution < -0.4 is 5.32 Å². The number of amides is 3. The highest BCUT2D eigenvalue weighted by atomic mass is 32.2. The van der Waals surface area contributed by atoms with E-state index < -0.39 is 29.6 Å². The van der Waals surface area contributed by atoms with E-state index in [2.05, 4.69) is 5.32 Å². The van der Waals surface area contributed by atoms with Gasteiger partial charge in [-0.05, 0) is 85.6 Å². The zero-order chi connectivity index (χ0) is 25.3. The van der Waals surface area contributed by atoms with E-state index in [1.165, 1.54) is 18.2 Å². The number of furan rings is 1. The second-order valence-corrected chi connectivity index (χ2v) is 9.22. The summed E-state index contributed by atoms with van der Waals surface area (Å²) >= 11 is 0.725. The molecule has 0 atom stereocenters. The molecular weight excluding hydrogens is 468 g/mol. The number of benzene rings is 2. The first kappa shape index (κ1) is 24.0. The van der Waals surface area contributed by atoms with E-state index in [-0.39, 0.29) is 10.5 Å². The first-order valence-electron chi connectivity index (χ1n) is 10.7. The Balaban J connectivity index is 1.49. The van der Waals surface area contributed by atoms with Crippen LogP contribution in [0.1, 0.15) is 32.8 Å². The molecule has 0 unspecified atom stereocenters. The molecule has 2 N–H and O–H groups in total. The molecule has 0 spiro atoms. The van der Waals surface area contributed by atoms with Crippen LogP contribution in [0.4, 0.5) is 10.5 Å². The van der Waals surface area contributed by atoms with Gasteiger partial charge in [0.25, 0.3) is 11.1 Å². The van der Waals surface area contributed by atoms with Crippen LogP contribution in [0, 0.1) is 20.8 Å². The highest BCUT2D eigenvalue weighted by Crippen LogP contribution is 2.34. The number of rotatable bonds is 6. The lowest BCUT2D eigenvalue weighted by atomic mass is 10.0. The third-order valence-electron chi connectivity index (χ3n) is 5.33. The second-order valence-electron chi connectivity index (χ2n) is 8.23. The Kier molecular flexibility index (Phi) is 6.61. The van der Waals surface area contributed by atoms with Gasteiger partial charge in [0, 0.05) is 17.3 Å². The largest absolute Gasteiger partial charge is 0.478 e. The first-order chi connectivity index (χ1) is 16.6. The molecule has 3 amide bonds. The summed E-state index contributed by atoms with van der Waals surface area (Å²) in [5.41, 5.74) is 4.13. The SMILES string of the molecule is Cc1cc(C)cc(NC(=O)CN2C(=O)S/C(=C\c3ccc(-c4cc(C(=O)O)ccc4C)o3)C2=O)c1. The van der Waals surface area contributed by atoms with Gasteiger partial charge in [0.05, 0.1) is 10.5 Å². The molecule has 4 rings (SSSR count). The molecule has 3 aromatic rings. The molecule has 35 heavy (non-hydrogen) atoms. The van der Waals surface area contributed by atoms with Gasteiger partial charge in [0.15, 0.2) is 0 Å². The van der Waals surface area contributed by atoms with Gasteiger partial charge in [0.2, 0.25) is 5.91 Å². The van der Waals surface area contributed by atoms with Crippen molar-refractivity contribution >= 4 is 46.5 Å². The number of aryl methyl sites for hydroxylation is 3. The Labute approximate surface area is 205 Å². The molecule has 0 radical (unpaired) electrons. The lowest BCUT2D eigenvalue weighted by molar-refractivity contribution is -0.127. The molecule has 1 saturated heterocycles. The third kappa shape index (κ3) is 5.36. The molecule has 2 heterocycles. The zero-order valence-electron chi connectivity index (χ0n) is 19.2. The van der Waals surface area contributed by atoms with Crippen LogP contribution in [-0.4, -0.2) is 39.6 Å².